The van der Waals surface area contributed by atoms with E-state index in [0.29, 0.717) is 17.5 Å². The van der Waals surface area contributed by atoms with Crippen molar-refractivity contribution in [3.63, 3.8) is 0 Å². The number of pyridine rings is 2. The van der Waals surface area contributed by atoms with Gasteiger partial charge >= 0.3 is 0 Å². The highest BCUT2D eigenvalue weighted by molar-refractivity contribution is 5.30. The first-order valence-corrected chi connectivity index (χ1v) is 6.48. The highest BCUT2D eigenvalue weighted by atomic mass is 16.5. The predicted molar refractivity (Wildman–Crippen MR) is 75.1 cm³/mol. The first-order chi connectivity index (χ1) is 9.25. The van der Waals surface area contributed by atoms with Crippen LogP contribution in [0.4, 0.5) is 0 Å². The SMILES string of the molecule is CC(C)CNCc1cccnc1Oc1cccnc1. The quantitative estimate of drug-likeness (QED) is 0.864. The molecule has 0 aliphatic rings. The van der Waals surface area contributed by atoms with Crippen molar-refractivity contribution in [2.24, 2.45) is 5.92 Å². The summed E-state index contributed by atoms with van der Waals surface area (Å²) in [6, 6.07) is 7.65. The van der Waals surface area contributed by atoms with Crippen molar-refractivity contribution in [3.05, 3.63) is 48.4 Å². The van der Waals surface area contributed by atoms with Gasteiger partial charge in [-0.1, -0.05) is 19.9 Å². The van der Waals surface area contributed by atoms with Crippen LogP contribution in [0, 0.1) is 5.92 Å². The molecule has 0 unspecified atom stereocenters. The summed E-state index contributed by atoms with van der Waals surface area (Å²) in [4.78, 5) is 8.31. The molecule has 0 fully saturated rings. The maximum absolute atomic E-state index is 5.75. The van der Waals surface area contributed by atoms with E-state index in [4.69, 9.17) is 4.74 Å². The fraction of sp³-hybridized carbons (Fsp3) is 0.333. The third-order valence-corrected chi connectivity index (χ3v) is 2.57. The lowest BCUT2D eigenvalue weighted by molar-refractivity contribution is 0.448. The van der Waals surface area contributed by atoms with Crippen molar-refractivity contribution in [1.82, 2.24) is 15.3 Å². The summed E-state index contributed by atoms with van der Waals surface area (Å²) in [5.41, 5.74) is 1.05. The molecule has 0 aromatic carbocycles. The Morgan fingerprint density at radius 1 is 1.21 bits per heavy atom. The van der Waals surface area contributed by atoms with Crippen LogP contribution in [0.25, 0.3) is 0 Å². The van der Waals surface area contributed by atoms with Crippen molar-refractivity contribution >= 4 is 0 Å². The molecular weight excluding hydrogens is 238 g/mol. The molecule has 0 spiro atoms. The van der Waals surface area contributed by atoms with E-state index in [1.807, 2.05) is 24.3 Å². The molecule has 0 aliphatic heterocycles. The number of aromatic nitrogens is 2. The normalized spacial score (nSPS) is 10.7. The van der Waals surface area contributed by atoms with Gasteiger partial charge in [0.25, 0.3) is 0 Å². The Kier molecular flexibility index (Phi) is 4.86. The lowest BCUT2D eigenvalue weighted by Gasteiger charge is -2.11. The van der Waals surface area contributed by atoms with E-state index >= 15 is 0 Å². The van der Waals surface area contributed by atoms with Gasteiger partial charge in [-0.3, -0.25) is 4.98 Å². The lowest BCUT2D eigenvalue weighted by Crippen LogP contribution is -2.19. The van der Waals surface area contributed by atoms with Crippen LogP contribution >= 0.6 is 0 Å². The van der Waals surface area contributed by atoms with Crippen molar-refractivity contribution in [1.29, 1.82) is 0 Å². The monoisotopic (exact) mass is 257 g/mol. The van der Waals surface area contributed by atoms with Crippen LogP contribution in [0.5, 0.6) is 11.6 Å². The van der Waals surface area contributed by atoms with Gasteiger partial charge in [0.05, 0.1) is 6.20 Å². The molecule has 1 N–H and O–H groups in total. The Morgan fingerprint density at radius 2 is 2.05 bits per heavy atom. The van der Waals surface area contributed by atoms with Gasteiger partial charge in [0.15, 0.2) is 0 Å². The summed E-state index contributed by atoms with van der Waals surface area (Å²) in [6.07, 6.45) is 5.13. The predicted octanol–water partition coefficient (Wildman–Crippen LogP) is 3.01. The van der Waals surface area contributed by atoms with Crippen molar-refractivity contribution in [3.8, 4) is 11.6 Å². The number of rotatable bonds is 6. The van der Waals surface area contributed by atoms with E-state index < -0.39 is 0 Å². The molecule has 2 aromatic heterocycles. The minimum Gasteiger partial charge on any atom is -0.437 e. The highest BCUT2D eigenvalue weighted by Gasteiger charge is 2.06. The molecule has 4 nitrogen and oxygen atoms in total. The number of nitrogens with one attached hydrogen (secondary N) is 1. The Hall–Kier alpha value is -1.94. The number of hydrogen-bond acceptors (Lipinski definition) is 4. The summed E-state index contributed by atoms with van der Waals surface area (Å²) in [6.45, 7) is 6.09. The van der Waals surface area contributed by atoms with Crippen LogP contribution in [0.3, 0.4) is 0 Å². The molecule has 0 amide bonds. The van der Waals surface area contributed by atoms with Crippen molar-refractivity contribution in [2.45, 2.75) is 20.4 Å². The molecule has 0 aliphatic carbocycles. The van der Waals surface area contributed by atoms with Gasteiger partial charge in [0, 0.05) is 24.5 Å². The van der Waals surface area contributed by atoms with E-state index in [-0.39, 0.29) is 0 Å². The molecule has 19 heavy (non-hydrogen) atoms. The zero-order valence-corrected chi connectivity index (χ0v) is 11.3. The summed E-state index contributed by atoms with van der Waals surface area (Å²) in [5.74, 6) is 1.96. The molecule has 0 atom stereocenters. The Labute approximate surface area is 113 Å². The number of hydrogen-bond donors (Lipinski definition) is 1. The minimum absolute atomic E-state index is 0.624. The van der Waals surface area contributed by atoms with Gasteiger partial charge in [-0.25, -0.2) is 4.98 Å². The molecule has 4 heteroatoms. The standard InChI is InChI=1S/C15H19N3O/c1-12(2)9-17-10-13-5-3-8-18-15(13)19-14-6-4-7-16-11-14/h3-8,11-12,17H,9-10H2,1-2H3. The topological polar surface area (TPSA) is 47.0 Å². The molecule has 2 aromatic rings. The van der Waals surface area contributed by atoms with Gasteiger partial charge in [-0.15, -0.1) is 0 Å². The molecule has 0 radical (unpaired) electrons. The van der Waals surface area contributed by atoms with E-state index in [1.54, 1.807) is 18.6 Å². The Morgan fingerprint density at radius 3 is 2.79 bits per heavy atom. The maximum Gasteiger partial charge on any atom is 0.223 e. The average molecular weight is 257 g/mol. The second kappa shape index (κ2) is 6.85. The van der Waals surface area contributed by atoms with E-state index in [9.17, 15) is 0 Å². The van der Waals surface area contributed by atoms with Crippen LogP contribution in [0.2, 0.25) is 0 Å². The third kappa shape index (κ3) is 4.34. The summed E-state index contributed by atoms with van der Waals surface area (Å²) in [5, 5.41) is 3.39. The average Bonchev–Trinajstić information content (AvgIpc) is 2.41. The maximum atomic E-state index is 5.75. The third-order valence-electron chi connectivity index (χ3n) is 2.57. The minimum atomic E-state index is 0.624. The summed E-state index contributed by atoms with van der Waals surface area (Å²) >= 11 is 0. The van der Waals surface area contributed by atoms with Gasteiger partial charge in [0.2, 0.25) is 5.88 Å². The number of nitrogens with zero attached hydrogens (tertiary/aromatic N) is 2. The van der Waals surface area contributed by atoms with Crippen LogP contribution in [-0.2, 0) is 6.54 Å². The van der Waals surface area contributed by atoms with E-state index in [1.165, 1.54) is 0 Å². The summed E-state index contributed by atoms with van der Waals surface area (Å²) < 4.78 is 5.75. The largest absolute Gasteiger partial charge is 0.437 e. The van der Waals surface area contributed by atoms with Gasteiger partial charge in [-0.05, 0) is 30.7 Å². The molecule has 2 heterocycles. The highest BCUT2D eigenvalue weighted by Crippen LogP contribution is 2.21. The first kappa shape index (κ1) is 13.5. The van der Waals surface area contributed by atoms with Crippen LogP contribution in [0.1, 0.15) is 19.4 Å². The molecule has 100 valence electrons. The molecule has 2 rings (SSSR count). The molecule has 0 saturated heterocycles. The van der Waals surface area contributed by atoms with Crippen molar-refractivity contribution in [2.75, 3.05) is 6.54 Å². The van der Waals surface area contributed by atoms with Gasteiger partial charge < -0.3 is 10.1 Å². The fourth-order valence-corrected chi connectivity index (χ4v) is 1.67. The Balaban J connectivity index is 2.04. The molecule has 0 bridgehead atoms. The van der Waals surface area contributed by atoms with E-state index in [0.717, 1.165) is 18.7 Å². The van der Waals surface area contributed by atoms with Gasteiger partial charge in [0.1, 0.15) is 5.75 Å². The lowest BCUT2D eigenvalue weighted by atomic mass is 10.2. The Bertz CT molecular complexity index is 500. The van der Waals surface area contributed by atoms with Crippen LogP contribution in [0.15, 0.2) is 42.9 Å². The smallest absolute Gasteiger partial charge is 0.223 e. The second-order valence-electron chi connectivity index (χ2n) is 4.78. The number of ether oxygens (including phenoxy) is 1. The van der Waals surface area contributed by atoms with Crippen LogP contribution < -0.4 is 10.1 Å². The molecular formula is C15H19N3O. The van der Waals surface area contributed by atoms with E-state index in [2.05, 4.69) is 29.1 Å². The van der Waals surface area contributed by atoms with Gasteiger partial charge in [-0.2, -0.15) is 0 Å². The zero-order chi connectivity index (χ0) is 13.5. The van der Waals surface area contributed by atoms with Crippen LogP contribution in [-0.4, -0.2) is 16.5 Å². The second-order valence-corrected chi connectivity index (χ2v) is 4.78. The molecule has 0 saturated carbocycles. The summed E-state index contributed by atoms with van der Waals surface area (Å²) in [7, 11) is 0. The zero-order valence-electron chi connectivity index (χ0n) is 11.3. The fourth-order valence-electron chi connectivity index (χ4n) is 1.67. The van der Waals surface area contributed by atoms with Crippen molar-refractivity contribution < 1.29 is 4.74 Å². The first-order valence-electron chi connectivity index (χ1n) is 6.48.